The summed E-state index contributed by atoms with van der Waals surface area (Å²) in [5.41, 5.74) is 7.25. The fraction of sp³-hybridized carbons (Fsp3) is 0.650. The van der Waals surface area contributed by atoms with Gasteiger partial charge >= 0.3 is 0 Å². The molecule has 0 aromatic heterocycles. The van der Waals surface area contributed by atoms with E-state index >= 15 is 0 Å². The molecule has 1 amide bonds. The molecule has 2 aliphatic carbocycles. The summed E-state index contributed by atoms with van der Waals surface area (Å²) >= 11 is 0. The van der Waals surface area contributed by atoms with Crippen molar-refractivity contribution in [3.63, 3.8) is 0 Å². The van der Waals surface area contributed by atoms with Crippen molar-refractivity contribution < 1.29 is 19.0 Å². The van der Waals surface area contributed by atoms with Crippen LogP contribution in [0.1, 0.15) is 37.7 Å². The molecule has 0 aliphatic heterocycles. The summed E-state index contributed by atoms with van der Waals surface area (Å²) in [7, 11) is 4.75. The molecule has 7 heteroatoms. The fourth-order valence-electron chi connectivity index (χ4n) is 4.57. The first-order valence-electron chi connectivity index (χ1n) is 9.39. The maximum atomic E-state index is 12.7. The minimum absolute atomic E-state index is 0. The molecule has 2 aliphatic rings. The molecule has 2 fully saturated rings. The van der Waals surface area contributed by atoms with Crippen molar-refractivity contribution >= 4 is 18.3 Å². The fourth-order valence-corrected chi connectivity index (χ4v) is 4.57. The lowest BCUT2D eigenvalue weighted by atomic mass is 9.65. The van der Waals surface area contributed by atoms with Crippen LogP contribution in [0.2, 0.25) is 0 Å². The molecule has 1 aromatic rings. The van der Waals surface area contributed by atoms with Gasteiger partial charge in [0.2, 0.25) is 11.7 Å². The third-order valence-corrected chi connectivity index (χ3v) is 5.98. The summed E-state index contributed by atoms with van der Waals surface area (Å²) in [6, 6.07) is 4.02. The number of hydrogen-bond donors (Lipinski definition) is 2. The Kier molecular flexibility index (Phi) is 7.62. The lowest BCUT2D eigenvalue weighted by Crippen LogP contribution is -2.49. The van der Waals surface area contributed by atoms with E-state index in [1.54, 1.807) is 21.3 Å². The highest BCUT2D eigenvalue weighted by Crippen LogP contribution is 2.42. The molecule has 0 heterocycles. The molecule has 0 radical (unpaired) electrons. The van der Waals surface area contributed by atoms with Gasteiger partial charge in [-0.1, -0.05) is 6.42 Å². The van der Waals surface area contributed by atoms with Crippen LogP contribution in [0, 0.1) is 17.8 Å². The number of rotatable bonds is 6. The smallest absolute Gasteiger partial charge is 0.223 e. The van der Waals surface area contributed by atoms with Crippen LogP contribution in [0.15, 0.2) is 12.1 Å². The summed E-state index contributed by atoms with van der Waals surface area (Å²) in [5, 5.41) is 3.08. The first kappa shape index (κ1) is 21.6. The number of amides is 1. The van der Waals surface area contributed by atoms with Gasteiger partial charge in [0.15, 0.2) is 11.5 Å². The zero-order valence-corrected chi connectivity index (χ0v) is 17.1. The lowest BCUT2D eigenvalue weighted by Gasteiger charge is -2.43. The Morgan fingerprint density at radius 1 is 1.07 bits per heavy atom. The monoisotopic (exact) mass is 398 g/mol. The highest BCUT2D eigenvalue weighted by atomic mass is 35.5. The van der Waals surface area contributed by atoms with E-state index in [0.29, 0.717) is 35.6 Å². The van der Waals surface area contributed by atoms with Crippen LogP contribution in [-0.4, -0.2) is 33.3 Å². The number of fused-ring (bicyclic) bond motifs is 2. The molecule has 27 heavy (non-hydrogen) atoms. The number of hydrogen-bond acceptors (Lipinski definition) is 5. The normalized spacial score (nSPS) is 26.5. The summed E-state index contributed by atoms with van der Waals surface area (Å²) < 4.78 is 16.1. The molecule has 2 bridgehead atoms. The summed E-state index contributed by atoms with van der Waals surface area (Å²) in [4.78, 5) is 12.7. The van der Waals surface area contributed by atoms with Crippen molar-refractivity contribution in [3.05, 3.63) is 17.7 Å². The second-order valence-electron chi connectivity index (χ2n) is 7.45. The Bertz CT molecular complexity index is 616. The Labute approximate surface area is 167 Å². The molecule has 2 unspecified atom stereocenters. The summed E-state index contributed by atoms with van der Waals surface area (Å²) in [5.74, 6) is 2.94. The van der Waals surface area contributed by atoms with Crippen LogP contribution in [0.5, 0.6) is 17.2 Å². The molecule has 3 rings (SSSR count). The van der Waals surface area contributed by atoms with Crippen LogP contribution in [-0.2, 0) is 11.3 Å². The number of nitrogens with one attached hydrogen (secondary N) is 1. The maximum absolute atomic E-state index is 12.7. The van der Waals surface area contributed by atoms with Crippen LogP contribution in [0.3, 0.4) is 0 Å². The minimum Gasteiger partial charge on any atom is -0.493 e. The van der Waals surface area contributed by atoms with Gasteiger partial charge in [-0.05, 0) is 55.2 Å². The predicted octanol–water partition coefficient (Wildman–Crippen LogP) is 2.90. The predicted molar refractivity (Wildman–Crippen MR) is 107 cm³/mol. The third-order valence-electron chi connectivity index (χ3n) is 5.98. The third kappa shape index (κ3) is 4.61. The van der Waals surface area contributed by atoms with Gasteiger partial charge in [-0.2, -0.15) is 0 Å². The molecule has 1 aromatic carbocycles. The molecule has 0 spiro atoms. The van der Waals surface area contributed by atoms with E-state index in [1.165, 1.54) is 6.42 Å². The molecule has 152 valence electrons. The minimum atomic E-state index is 0. The zero-order chi connectivity index (χ0) is 18.7. The summed E-state index contributed by atoms with van der Waals surface area (Å²) in [6.07, 6.45) is 5.41. The maximum Gasteiger partial charge on any atom is 0.223 e. The molecular weight excluding hydrogens is 368 g/mol. The zero-order valence-electron chi connectivity index (χ0n) is 16.3. The van der Waals surface area contributed by atoms with E-state index in [4.69, 9.17) is 19.9 Å². The first-order chi connectivity index (χ1) is 12.6. The van der Waals surface area contributed by atoms with Gasteiger partial charge in [0, 0.05) is 18.5 Å². The second-order valence-corrected chi connectivity index (χ2v) is 7.45. The Morgan fingerprint density at radius 3 is 2.11 bits per heavy atom. The highest BCUT2D eigenvalue weighted by molar-refractivity contribution is 5.85. The molecule has 6 nitrogen and oxygen atoms in total. The number of carbonyl (C=O) groups is 1. The van der Waals surface area contributed by atoms with Crippen molar-refractivity contribution in [2.45, 2.75) is 44.7 Å². The highest BCUT2D eigenvalue weighted by Gasteiger charge is 2.40. The molecule has 3 N–H and O–H groups in total. The Balaban J connectivity index is 0.00000261. The SMILES string of the molecule is COc1cc(CNC(=O)C2CC3CCCC(C2)C3N)cc(OC)c1OC.Cl. The van der Waals surface area contributed by atoms with Crippen molar-refractivity contribution in [2.24, 2.45) is 23.5 Å². The average Bonchev–Trinajstić information content (AvgIpc) is 2.64. The lowest BCUT2D eigenvalue weighted by molar-refractivity contribution is -0.128. The number of nitrogens with two attached hydrogens (primary N) is 1. The quantitative estimate of drug-likeness (QED) is 0.769. The van der Waals surface area contributed by atoms with E-state index in [2.05, 4.69) is 5.32 Å². The van der Waals surface area contributed by atoms with Gasteiger partial charge in [0.1, 0.15) is 0 Å². The van der Waals surface area contributed by atoms with Crippen LogP contribution in [0.4, 0.5) is 0 Å². The van der Waals surface area contributed by atoms with Crippen LogP contribution in [0.25, 0.3) is 0 Å². The number of methoxy groups -OCH3 is 3. The number of carbonyl (C=O) groups excluding carboxylic acids is 1. The first-order valence-corrected chi connectivity index (χ1v) is 9.39. The van der Waals surface area contributed by atoms with Gasteiger partial charge in [-0.3, -0.25) is 4.79 Å². The van der Waals surface area contributed by atoms with Gasteiger partial charge < -0.3 is 25.3 Å². The van der Waals surface area contributed by atoms with E-state index in [1.807, 2.05) is 12.1 Å². The van der Waals surface area contributed by atoms with Gasteiger partial charge in [0.05, 0.1) is 21.3 Å². The number of benzene rings is 1. The topological polar surface area (TPSA) is 82.8 Å². The van der Waals surface area contributed by atoms with Crippen molar-refractivity contribution in [2.75, 3.05) is 21.3 Å². The molecular formula is C20H31ClN2O4. The van der Waals surface area contributed by atoms with Crippen LogP contribution < -0.4 is 25.3 Å². The van der Waals surface area contributed by atoms with Crippen molar-refractivity contribution in [3.8, 4) is 17.2 Å². The van der Waals surface area contributed by atoms with E-state index in [9.17, 15) is 4.79 Å². The van der Waals surface area contributed by atoms with Gasteiger partial charge in [-0.15, -0.1) is 12.4 Å². The van der Waals surface area contributed by atoms with E-state index in [-0.39, 0.29) is 30.3 Å². The van der Waals surface area contributed by atoms with Gasteiger partial charge in [-0.25, -0.2) is 0 Å². The second kappa shape index (κ2) is 9.51. The van der Waals surface area contributed by atoms with Gasteiger partial charge in [0.25, 0.3) is 0 Å². The largest absolute Gasteiger partial charge is 0.493 e. The Morgan fingerprint density at radius 2 is 1.63 bits per heavy atom. The number of ether oxygens (including phenoxy) is 3. The Hall–Kier alpha value is -1.66. The number of halogens is 1. The summed E-state index contributed by atoms with van der Waals surface area (Å²) in [6.45, 7) is 0.438. The van der Waals surface area contributed by atoms with E-state index < -0.39 is 0 Å². The van der Waals surface area contributed by atoms with Crippen LogP contribution >= 0.6 is 12.4 Å². The van der Waals surface area contributed by atoms with E-state index in [0.717, 1.165) is 31.2 Å². The van der Waals surface area contributed by atoms with Crippen molar-refractivity contribution in [1.29, 1.82) is 0 Å². The standard InChI is InChI=1S/C20H30N2O4.ClH/c1-24-16-7-12(8-17(25-2)19(16)26-3)11-22-20(23)15-9-13-5-4-6-14(10-15)18(13)21;/h7-8,13-15,18H,4-6,9-11,21H2,1-3H3,(H,22,23);1H. The van der Waals surface area contributed by atoms with Crippen molar-refractivity contribution in [1.82, 2.24) is 5.32 Å². The molecule has 2 saturated carbocycles. The molecule has 2 atom stereocenters. The molecule has 0 saturated heterocycles. The average molecular weight is 399 g/mol.